The van der Waals surface area contributed by atoms with Gasteiger partial charge in [-0.25, -0.2) is 0 Å². The van der Waals surface area contributed by atoms with E-state index in [0.717, 1.165) is 16.5 Å². The van der Waals surface area contributed by atoms with Gasteiger partial charge in [0.2, 0.25) is 0 Å². The van der Waals surface area contributed by atoms with Crippen molar-refractivity contribution >= 4 is 10.9 Å². The van der Waals surface area contributed by atoms with Gasteiger partial charge in [-0.3, -0.25) is 4.98 Å². The first-order chi connectivity index (χ1) is 10.3. The van der Waals surface area contributed by atoms with E-state index in [2.05, 4.69) is 24.0 Å². The van der Waals surface area contributed by atoms with E-state index in [0.29, 0.717) is 12.3 Å². The second kappa shape index (κ2) is 6.06. The molecular formula is C19H19NO. The third kappa shape index (κ3) is 2.96. The maximum atomic E-state index is 10.6. The molecule has 21 heavy (non-hydrogen) atoms. The molecule has 2 atom stereocenters. The van der Waals surface area contributed by atoms with Crippen molar-refractivity contribution in [2.24, 2.45) is 0 Å². The van der Waals surface area contributed by atoms with Gasteiger partial charge in [-0.05, 0) is 35.6 Å². The predicted octanol–water partition coefficient (Wildman–Crippen LogP) is 4.46. The molecule has 0 fully saturated rings. The topological polar surface area (TPSA) is 33.1 Å². The van der Waals surface area contributed by atoms with Crippen molar-refractivity contribution < 1.29 is 5.11 Å². The lowest BCUT2D eigenvalue weighted by molar-refractivity contribution is 0.161. The van der Waals surface area contributed by atoms with Crippen molar-refractivity contribution in [2.45, 2.75) is 25.4 Å². The van der Waals surface area contributed by atoms with Gasteiger partial charge < -0.3 is 5.11 Å². The van der Waals surface area contributed by atoms with E-state index in [1.165, 1.54) is 5.56 Å². The van der Waals surface area contributed by atoms with Gasteiger partial charge >= 0.3 is 0 Å². The number of nitrogens with zero attached hydrogens (tertiary/aromatic N) is 1. The van der Waals surface area contributed by atoms with Crippen LogP contribution in [0.4, 0.5) is 0 Å². The van der Waals surface area contributed by atoms with Gasteiger partial charge in [0.15, 0.2) is 0 Å². The lowest BCUT2D eigenvalue weighted by Crippen LogP contribution is -2.04. The zero-order valence-corrected chi connectivity index (χ0v) is 12.1. The lowest BCUT2D eigenvalue weighted by atomic mass is 9.91. The fourth-order valence-corrected chi connectivity index (χ4v) is 2.80. The Labute approximate surface area is 125 Å². The minimum absolute atomic E-state index is 0.313. The van der Waals surface area contributed by atoms with Crippen LogP contribution in [-0.4, -0.2) is 10.1 Å². The van der Waals surface area contributed by atoms with Crippen molar-refractivity contribution in [3.63, 3.8) is 0 Å². The van der Waals surface area contributed by atoms with Gasteiger partial charge in [0.25, 0.3) is 0 Å². The molecule has 0 radical (unpaired) electrons. The monoisotopic (exact) mass is 277 g/mol. The number of rotatable bonds is 4. The summed E-state index contributed by atoms with van der Waals surface area (Å²) in [6.07, 6.45) is 2.01. The van der Waals surface area contributed by atoms with Gasteiger partial charge in [0.1, 0.15) is 0 Å². The fourth-order valence-electron chi connectivity index (χ4n) is 2.80. The number of hydrogen-bond donors (Lipinski definition) is 1. The van der Waals surface area contributed by atoms with Crippen LogP contribution in [0.1, 0.15) is 36.5 Å². The number of pyridine rings is 1. The van der Waals surface area contributed by atoms with E-state index < -0.39 is 6.10 Å². The SMILES string of the molecule is CC(CC(O)c1cccc2ncccc12)c1ccccc1. The molecule has 0 aliphatic carbocycles. The smallest absolute Gasteiger partial charge is 0.0802 e. The Morgan fingerprint density at radius 2 is 1.76 bits per heavy atom. The van der Waals surface area contributed by atoms with Crippen LogP contribution in [0.5, 0.6) is 0 Å². The Kier molecular flexibility index (Phi) is 3.98. The van der Waals surface area contributed by atoms with Crippen LogP contribution in [0.3, 0.4) is 0 Å². The van der Waals surface area contributed by atoms with E-state index >= 15 is 0 Å². The maximum absolute atomic E-state index is 10.6. The Morgan fingerprint density at radius 3 is 2.57 bits per heavy atom. The van der Waals surface area contributed by atoms with E-state index in [1.807, 2.05) is 48.5 Å². The summed E-state index contributed by atoms with van der Waals surface area (Å²) in [7, 11) is 0. The van der Waals surface area contributed by atoms with Crippen LogP contribution in [0.15, 0.2) is 66.9 Å². The number of aromatic nitrogens is 1. The van der Waals surface area contributed by atoms with Crippen LogP contribution in [-0.2, 0) is 0 Å². The number of fused-ring (bicyclic) bond motifs is 1. The third-order valence-electron chi connectivity index (χ3n) is 3.98. The van der Waals surface area contributed by atoms with E-state index in [4.69, 9.17) is 0 Å². The molecule has 0 bridgehead atoms. The van der Waals surface area contributed by atoms with Crippen LogP contribution in [0.25, 0.3) is 10.9 Å². The highest BCUT2D eigenvalue weighted by molar-refractivity contribution is 5.82. The third-order valence-corrected chi connectivity index (χ3v) is 3.98. The Morgan fingerprint density at radius 1 is 0.952 bits per heavy atom. The molecule has 2 unspecified atom stereocenters. The lowest BCUT2D eigenvalue weighted by Gasteiger charge is -2.18. The molecule has 2 nitrogen and oxygen atoms in total. The van der Waals surface area contributed by atoms with Crippen molar-refractivity contribution in [2.75, 3.05) is 0 Å². The zero-order valence-electron chi connectivity index (χ0n) is 12.1. The predicted molar refractivity (Wildman–Crippen MR) is 86.2 cm³/mol. The van der Waals surface area contributed by atoms with Crippen LogP contribution in [0.2, 0.25) is 0 Å². The zero-order chi connectivity index (χ0) is 14.7. The largest absolute Gasteiger partial charge is 0.388 e. The van der Waals surface area contributed by atoms with Crippen molar-refractivity contribution in [1.29, 1.82) is 0 Å². The molecule has 0 amide bonds. The van der Waals surface area contributed by atoms with Crippen LogP contribution >= 0.6 is 0 Å². The Balaban J connectivity index is 1.86. The molecule has 3 rings (SSSR count). The van der Waals surface area contributed by atoms with Crippen LogP contribution < -0.4 is 0 Å². The van der Waals surface area contributed by atoms with Gasteiger partial charge in [-0.1, -0.05) is 55.5 Å². The molecule has 1 heterocycles. The molecule has 1 N–H and O–H groups in total. The standard InChI is InChI=1S/C19H19NO/c1-14(15-7-3-2-4-8-15)13-19(21)17-9-5-11-18-16(17)10-6-12-20-18/h2-12,14,19,21H,13H2,1H3. The Hall–Kier alpha value is -2.19. The highest BCUT2D eigenvalue weighted by Gasteiger charge is 2.16. The number of aliphatic hydroxyl groups excluding tert-OH is 1. The van der Waals surface area contributed by atoms with E-state index in [-0.39, 0.29) is 0 Å². The summed E-state index contributed by atoms with van der Waals surface area (Å²) in [5, 5.41) is 11.7. The molecule has 0 saturated heterocycles. The molecule has 0 aliphatic heterocycles. The summed E-state index contributed by atoms with van der Waals surface area (Å²) in [6, 6.07) is 20.2. The van der Waals surface area contributed by atoms with Crippen molar-refractivity contribution in [3.8, 4) is 0 Å². The molecule has 106 valence electrons. The van der Waals surface area contributed by atoms with E-state index in [1.54, 1.807) is 6.20 Å². The van der Waals surface area contributed by atoms with Crippen LogP contribution in [0, 0.1) is 0 Å². The summed E-state index contributed by atoms with van der Waals surface area (Å²) in [5.74, 6) is 0.313. The molecule has 2 aromatic carbocycles. The van der Waals surface area contributed by atoms with Gasteiger partial charge in [-0.15, -0.1) is 0 Å². The van der Waals surface area contributed by atoms with E-state index in [9.17, 15) is 5.11 Å². The number of aliphatic hydroxyl groups is 1. The van der Waals surface area contributed by atoms with Gasteiger partial charge in [-0.2, -0.15) is 0 Å². The van der Waals surface area contributed by atoms with Crippen molar-refractivity contribution in [1.82, 2.24) is 4.98 Å². The molecule has 2 heteroatoms. The molecular weight excluding hydrogens is 258 g/mol. The molecule has 3 aromatic rings. The average molecular weight is 277 g/mol. The summed E-state index contributed by atoms with van der Waals surface area (Å²) in [4.78, 5) is 4.35. The number of benzene rings is 2. The number of hydrogen-bond acceptors (Lipinski definition) is 2. The first-order valence-corrected chi connectivity index (χ1v) is 7.32. The minimum atomic E-state index is -0.479. The summed E-state index contributed by atoms with van der Waals surface area (Å²) < 4.78 is 0. The first kappa shape index (κ1) is 13.8. The molecule has 1 aromatic heterocycles. The molecule has 0 saturated carbocycles. The minimum Gasteiger partial charge on any atom is -0.388 e. The second-order valence-electron chi connectivity index (χ2n) is 5.48. The normalized spacial score (nSPS) is 14.0. The van der Waals surface area contributed by atoms with Gasteiger partial charge in [0, 0.05) is 11.6 Å². The summed E-state index contributed by atoms with van der Waals surface area (Å²) in [6.45, 7) is 2.15. The maximum Gasteiger partial charge on any atom is 0.0802 e. The fraction of sp³-hybridized carbons (Fsp3) is 0.211. The summed E-state index contributed by atoms with van der Waals surface area (Å²) in [5.41, 5.74) is 3.15. The molecule has 0 spiro atoms. The highest BCUT2D eigenvalue weighted by Crippen LogP contribution is 2.31. The highest BCUT2D eigenvalue weighted by atomic mass is 16.3. The second-order valence-corrected chi connectivity index (χ2v) is 5.48. The molecule has 0 aliphatic rings. The summed E-state index contributed by atoms with van der Waals surface area (Å²) >= 11 is 0. The average Bonchev–Trinajstić information content (AvgIpc) is 2.55. The van der Waals surface area contributed by atoms with Crippen molar-refractivity contribution in [3.05, 3.63) is 78.0 Å². The first-order valence-electron chi connectivity index (χ1n) is 7.32. The quantitative estimate of drug-likeness (QED) is 0.763. The van der Waals surface area contributed by atoms with Gasteiger partial charge in [0.05, 0.1) is 11.6 Å². The Bertz CT molecular complexity index is 718.